The molecular formula is C11H17N3O3. The van der Waals surface area contributed by atoms with E-state index in [9.17, 15) is 4.79 Å². The number of allylic oxidation sites excluding steroid dienone is 2. The summed E-state index contributed by atoms with van der Waals surface area (Å²) in [5, 5.41) is 6.20. The second-order valence-electron chi connectivity index (χ2n) is 3.64. The Balaban J connectivity index is 2.49. The minimum absolute atomic E-state index is 0.106. The first-order valence-electron chi connectivity index (χ1n) is 5.41. The molecular weight excluding hydrogens is 222 g/mol. The predicted molar refractivity (Wildman–Crippen MR) is 62.2 cm³/mol. The molecule has 1 N–H and O–H groups in total. The second kappa shape index (κ2) is 6.80. The van der Waals surface area contributed by atoms with Crippen molar-refractivity contribution in [2.24, 2.45) is 5.92 Å². The minimum Gasteiger partial charge on any atom is -0.377 e. The fourth-order valence-electron chi connectivity index (χ4n) is 1.17. The fraction of sp³-hybridized carbons (Fsp3) is 0.545. The van der Waals surface area contributed by atoms with Gasteiger partial charge in [-0.1, -0.05) is 24.2 Å². The number of ether oxygens (including phenoxy) is 1. The summed E-state index contributed by atoms with van der Waals surface area (Å²) < 4.78 is 9.69. The Kier molecular flexibility index (Phi) is 5.35. The van der Waals surface area contributed by atoms with Gasteiger partial charge in [0.05, 0.1) is 0 Å². The summed E-state index contributed by atoms with van der Waals surface area (Å²) in [7, 11) is 1.54. The molecule has 0 saturated carbocycles. The van der Waals surface area contributed by atoms with Gasteiger partial charge in [0, 0.05) is 13.0 Å². The molecule has 94 valence electrons. The Bertz CT molecular complexity index is 387. The average molecular weight is 239 g/mol. The van der Waals surface area contributed by atoms with Gasteiger partial charge in [0.25, 0.3) is 0 Å². The summed E-state index contributed by atoms with van der Waals surface area (Å²) >= 11 is 0. The summed E-state index contributed by atoms with van der Waals surface area (Å²) in [4.78, 5) is 15.6. The number of methoxy groups -OCH3 is 1. The van der Waals surface area contributed by atoms with Crippen molar-refractivity contribution in [3.05, 3.63) is 18.0 Å². The van der Waals surface area contributed by atoms with E-state index in [0.29, 0.717) is 12.2 Å². The smallest absolute Gasteiger partial charge is 0.328 e. The van der Waals surface area contributed by atoms with E-state index >= 15 is 0 Å². The number of aromatic nitrogens is 2. The van der Waals surface area contributed by atoms with E-state index < -0.39 is 0 Å². The number of carbonyl (C=O) groups excluding carboxylic acids is 1. The van der Waals surface area contributed by atoms with Crippen molar-refractivity contribution in [1.82, 2.24) is 10.1 Å². The van der Waals surface area contributed by atoms with E-state index in [4.69, 9.17) is 9.26 Å². The third kappa shape index (κ3) is 4.36. The first kappa shape index (κ1) is 13.4. The Labute approximate surface area is 100 Å². The van der Waals surface area contributed by atoms with Crippen LogP contribution in [0.1, 0.15) is 26.1 Å². The van der Waals surface area contributed by atoms with Crippen LogP contribution in [-0.4, -0.2) is 23.2 Å². The third-order valence-electron chi connectivity index (χ3n) is 2.14. The molecule has 0 aliphatic rings. The number of hydrogen-bond acceptors (Lipinski definition) is 5. The average Bonchev–Trinajstić information content (AvgIpc) is 2.74. The van der Waals surface area contributed by atoms with Gasteiger partial charge in [-0.2, -0.15) is 4.98 Å². The first-order chi connectivity index (χ1) is 8.17. The van der Waals surface area contributed by atoms with Crippen LogP contribution in [0.15, 0.2) is 16.7 Å². The zero-order chi connectivity index (χ0) is 12.7. The molecule has 0 radical (unpaired) electrons. The van der Waals surface area contributed by atoms with Gasteiger partial charge in [-0.05, 0) is 13.3 Å². The molecule has 0 fully saturated rings. The Morgan fingerprint density at radius 3 is 3.06 bits per heavy atom. The maximum absolute atomic E-state index is 11.7. The van der Waals surface area contributed by atoms with Crippen LogP contribution in [0.4, 0.5) is 6.01 Å². The zero-order valence-corrected chi connectivity index (χ0v) is 10.3. The molecule has 6 nitrogen and oxygen atoms in total. The van der Waals surface area contributed by atoms with Gasteiger partial charge >= 0.3 is 6.01 Å². The predicted octanol–water partition coefficient (Wildman–Crippen LogP) is 1.76. The van der Waals surface area contributed by atoms with Crippen LogP contribution in [0.25, 0.3) is 0 Å². The Hall–Kier alpha value is -1.69. The van der Waals surface area contributed by atoms with Gasteiger partial charge in [-0.25, -0.2) is 0 Å². The standard InChI is InChI=1S/C11H17N3O3/c1-4-5-6-8(2)10(15)13-11-12-9(7-16-3)14-17-11/h4-5,8H,6-7H2,1-3H3,(H,12,13,14,15)/b5-4+. The van der Waals surface area contributed by atoms with Gasteiger partial charge in [0.2, 0.25) is 5.91 Å². The van der Waals surface area contributed by atoms with Gasteiger partial charge in [-0.15, -0.1) is 0 Å². The molecule has 6 heteroatoms. The molecule has 1 rings (SSSR count). The van der Waals surface area contributed by atoms with Crippen molar-refractivity contribution < 1.29 is 14.1 Å². The highest BCUT2D eigenvalue weighted by atomic mass is 16.5. The number of nitrogens with one attached hydrogen (secondary N) is 1. The van der Waals surface area contributed by atoms with Crippen LogP contribution in [0.3, 0.4) is 0 Å². The Morgan fingerprint density at radius 1 is 1.65 bits per heavy atom. The maximum Gasteiger partial charge on any atom is 0.328 e. The lowest BCUT2D eigenvalue weighted by Gasteiger charge is -2.06. The molecule has 1 unspecified atom stereocenters. The summed E-state index contributed by atoms with van der Waals surface area (Å²) in [6.07, 6.45) is 4.53. The molecule has 0 aliphatic carbocycles. The number of rotatable bonds is 6. The van der Waals surface area contributed by atoms with Crippen molar-refractivity contribution in [2.75, 3.05) is 12.4 Å². The van der Waals surface area contributed by atoms with Gasteiger partial charge in [0.1, 0.15) is 6.61 Å². The van der Waals surface area contributed by atoms with Gasteiger partial charge < -0.3 is 9.26 Å². The van der Waals surface area contributed by atoms with Crippen molar-refractivity contribution >= 4 is 11.9 Å². The van der Waals surface area contributed by atoms with Crippen LogP contribution in [0.2, 0.25) is 0 Å². The normalized spacial score (nSPS) is 12.9. The minimum atomic E-state index is -0.143. The zero-order valence-electron chi connectivity index (χ0n) is 10.3. The van der Waals surface area contributed by atoms with Crippen molar-refractivity contribution in [3.8, 4) is 0 Å². The first-order valence-corrected chi connectivity index (χ1v) is 5.41. The van der Waals surface area contributed by atoms with E-state index in [2.05, 4.69) is 15.5 Å². The van der Waals surface area contributed by atoms with Crippen molar-refractivity contribution in [1.29, 1.82) is 0 Å². The van der Waals surface area contributed by atoms with Crippen molar-refractivity contribution in [2.45, 2.75) is 26.9 Å². The Morgan fingerprint density at radius 2 is 2.41 bits per heavy atom. The summed E-state index contributed by atoms with van der Waals surface area (Å²) in [6, 6.07) is 0.106. The topological polar surface area (TPSA) is 77.2 Å². The van der Waals surface area contributed by atoms with Gasteiger partial charge in [-0.3, -0.25) is 10.1 Å². The lowest BCUT2D eigenvalue weighted by atomic mass is 10.1. The van der Waals surface area contributed by atoms with Crippen molar-refractivity contribution in [3.63, 3.8) is 0 Å². The maximum atomic E-state index is 11.7. The number of hydrogen-bond donors (Lipinski definition) is 1. The molecule has 0 bridgehead atoms. The molecule has 1 aromatic heterocycles. The van der Waals surface area contributed by atoms with E-state index in [0.717, 1.165) is 0 Å². The highest BCUT2D eigenvalue weighted by Gasteiger charge is 2.15. The van der Waals surface area contributed by atoms with Crippen LogP contribution in [0, 0.1) is 5.92 Å². The molecule has 17 heavy (non-hydrogen) atoms. The lowest BCUT2D eigenvalue weighted by molar-refractivity contribution is -0.119. The van der Waals surface area contributed by atoms with Crippen LogP contribution >= 0.6 is 0 Å². The molecule has 0 spiro atoms. The monoisotopic (exact) mass is 239 g/mol. The van der Waals surface area contributed by atoms with Crippen LogP contribution < -0.4 is 5.32 Å². The highest BCUT2D eigenvalue weighted by Crippen LogP contribution is 2.09. The molecule has 1 heterocycles. The lowest BCUT2D eigenvalue weighted by Crippen LogP contribution is -2.20. The molecule has 0 aliphatic heterocycles. The quantitative estimate of drug-likeness (QED) is 0.765. The molecule has 0 saturated heterocycles. The van der Waals surface area contributed by atoms with E-state index in [1.165, 1.54) is 7.11 Å². The number of anilines is 1. The summed E-state index contributed by atoms with van der Waals surface area (Å²) in [6.45, 7) is 4.01. The fourth-order valence-corrected chi connectivity index (χ4v) is 1.17. The van der Waals surface area contributed by atoms with Crippen LogP contribution in [-0.2, 0) is 16.1 Å². The molecule has 0 aromatic carbocycles. The number of amides is 1. The SMILES string of the molecule is C/C=C/CC(C)C(=O)Nc1nc(COC)no1. The molecule has 1 atom stereocenters. The largest absolute Gasteiger partial charge is 0.377 e. The molecule has 1 aromatic rings. The third-order valence-corrected chi connectivity index (χ3v) is 2.14. The van der Waals surface area contributed by atoms with E-state index in [-0.39, 0.29) is 24.4 Å². The number of nitrogens with zero attached hydrogens (tertiary/aromatic N) is 2. The van der Waals surface area contributed by atoms with Crippen LogP contribution in [0.5, 0.6) is 0 Å². The number of carbonyl (C=O) groups is 1. The summed E-state index contributed by atoms with van der Waals surface area (Å²) in [5.74, 6) is 0.128. The van der Waals surface area contributed by atoms with E-state index in [1.54, 1.807) is 0 Å². The van der Waals surface area contributed by atoms with E-state index in [1.807, 2.05) is 26.0 Å². The second-order valence-corrected chi connectivity index (χ2v) is 3.64. The van der Waals surface area contributed by atoms with Gasteiger partial charge in [0.15, 0.2) is 5.82 Å². The summed E-state index contributed by atoms with van der Waals surface area (Å²) in [5.41, 5.74) is 0. The highest BCUT2D eigenvalue weighted by molar-refractivity contribution is 5.90. The molecule has 1 amide bonds.